The number of nitrogens with one attached hydrogen (secondary N) is 1. The summed E-state index contributed by atoms with van der Waals surface area (Å²) in [7, 11) is 0. The highest BCUT2D eigenvalue weighted by Crippen LogP contribution is 2.14. The Bertz CT molecular complexity index is 498. The molecule has 0 heterocycles. The van der Waals surface area contributed by atoms with Gasteiger partial charge in [-0.15, -0.1) is 0 Å². The molecule has 7 nitrogen and oxygen atoms in total. The fraction of sp³-hybridized carbons (Fsp3) is 0.889. The van der Waals surface area contributed by atoms with Gasteiger partial charge in [0.25, 0.3) is 0 Å². The number of carboxylic acid groups (broad SMARTS) is 1. The maximum atomic E-state index is 11.9. The van der Waals surface area contributed by atoms with Crippen molar-refractivity contribution in [3.63, 3.8) is 0 Å². The molecule has 0 fully saturated rings. The molecule has 0 aromatic rings. The average Bonchev–Trinajstić information content (AvgIpc) is 2.80. The summed E-state index contributed by atoms with van der Waals surface area (Å²) in [4.78, 5) is 33.6. The van der Waals surface area contributed by atoms with E-state index in [-0.39, 0.29) is 12.5 Å². The molecule has 0 spiro atoms. The minimum absolute atomic E-state index is 0.0651. The molecule has 1 amide bonds. The summed E-state index contributed by atoms with van der Waals surface area (Å²) in [5.41, 5.74) is 0. The third-order valence-corrected chi connectivity index (χ3v) is 5.82. The molecule has 0 saturated carbocycles. The number of aliphatic carboxylic acids is 1. The fourth-order valence-electron chi connectivity index (χ4n) is 3.85. The Labute approximate surface area is 207 Å². The lowest BCUT2D eigenvalue weighted by molar-refractivity contribution is -0.137. The van der Waals surface area contributed by atoms with Gasteiger partial charge in [0.2, 0.25) is 5.91 Å². The van der Waals surface area contributed by atoms with Gasteiger partial charge in [-0.1, -0.05) is 77.0 Å². The Morgan fingerprint density at radius 2 is 1.03 bits per heavy atom. The van der Waals surface area contributed by atoms with E-state index >= 15 is 0 Å². The maximum Gasteiger partial charge on any atom is 0.303 e. The molecule has 0 bridgehead atoms. The average molecular weight is 486 g/mol. The van der Waals surface area contributed by atoms with Gasteiger partial charge in [0, 0.05) is 32.4 Å². The molecule has 0 saturated heterocycles. The molecule has 0 rings (SSSR count). The second-order valence-corrected chi connectivity index (χ2v) is 9.10. The van der Waals surface area contributed by atoms with Gasteiger partial charge in [-0.25, -0.2) is 0 Å². The first-order valence-electron chi connectivity index (χ1n) is 13.7. The first kappa shape index (κ1) is 32.5. The number of carboxylic acids is 1. The number of ether oxygens (including phenoxy) is 2. The van der Waals surface area contributed by atoms with E-state index in [0.717, 1.165) is 32.1 Å². The topological polar surface area (TPSA) is 102 Å². The molecule has 0 radical (unpaired) electrons. The van der Waals surface area contributed by atoms with Crippen molar-refractivity contribution in [3.8, 4) is 0 Å². The van der Waals surface area contributed by atoms with Crippen molar-refractivity contribution in [1.82, 2.24) is 5.32 Å². The van der Waals surface area contributed by atoms with Crippen LogP contribution in [0.3, 0.4) is 0 Å². The molecular formula is C27H51NO6. The number of likely N-dealkylation sites (N-methyl/N-ethyl adjacent to an activating group) is 1. The van der Waals surface area contributed by atoms with Crippen LogP contribution in [-0.4, -0.2) is 55.7 Å². The van der Waals surface area contributed by atoms with Crippen LogP contribution < -0.4 is 5.32 Å². The number of carbonyl (C=O) groups is 3. The zero-order chi connectivity index (χ0) is 25.1. The third kappa shape index (κ3) is 26.8. The summed E-state index contributed by atoms with van der Waals surface area (Å²) in [6, 6.07) is 0. The summed E-state index contributed by atoms with van der Waals surface area (Å²) in [6.45, 7) is 3.94. The lowest BCUT2D eigenvalue weighted by Gasteiger charge is -2.06. The summed E-state index contributed by atoms with van der Waals surface area (Å²) < 4.78 is 10.6. The normalized spacial score (nSPS) is 11.0. The van der Waals surface area contributed by atoms with Crippen LogP contribution >= 0.6 is 0 Å². The van der Waals surface area contributed by atoms with Gasteiger partial charge in [0.15, 0.2) is 0 Å². The van der Waals surface area contributed by atoms with Crippen molar-refractivity contribution in [1.29, 1.82) is 0 Å². The molecule has 34 heavy (non-hydrogen) atoms. The molecule has 200 valence electrons. The zero-order valence-corrected chi connectivity index (χ0v) is 21.8. The molecule has 0 aliphatic rings. The van der Waals surface area contributed by atoms with E-state index in [1.54, 1.807) is 0 Å². The SMILES string of the molecule is CCNC(=O)COCCOCCCC(=O)CCCCCCCCCCCCCCCCC(=O)O. The minimum Gasteiger partial charge on any atom is -0.481 e. The summed E-state index contributed by atoms with van der Waals surface area (Å²) in [5, 5.41) is 11.3. The van der Waals surface area contributed by atoms with Crippen molar-refractivity contribution in [2.75, 3.05) is 33.0 Å². The molecular weight excluding hydrogens is 434 g/mol. The van der Waals surface area contributed by atoms with Gasteiger partial charge in [-0.2, -0.15) is 0 Å². The highest BCUT2D eigenvalue weighted by atomic mass is 16.5. The standard InChI is InChI=1S/C27H51NO6/c1-2-28-26(30)24-34-23-22-33-21-17-19-25(29)18-15-13-11-9-7-5-3-4-6-8-10-12-14-16-20-27(31)32/h2-24H2,1H3,(H,28,30)(H,31,32). The van der Waals surface area contributed by atoms with Gasteiger partial charge in [0.1, 0.15) is 12.4 Å². The van der Waals surface area contributed by atoms with Gasteiger partial charge in [0.05, 0.1) is 13.2 Å². The summed E-state index contributed by atoms with van der Waals surface area (Å²) >= 11 is 0. The number of Topliss-reactive ketones (excluding diaryl/α,β-unsaturated/α-hetero) is 1. The molecule has 0 aromatic heterocycles. The van der Waals surface area contributed by atoms with Gasteiger partial charge in [-0.3, -0.25) is 14.4 Å². The minimum atomic E-state index is -0.679. The first-order chi connectivity index (χ1) is 16.6. The van der Waals surface area contributed by atoms with E-state index in [4.69, 9.17) is 14.6 Å². The molecule has 0 aromatic carbocycles. The highest BCUT2D eigenvalue weighted by molar-refractivity contribution is 5.78. The lowest BCUT2D eigenvalue weighted by atomic mass is 10.0. The third-order valence-electron chi connectivity index (χ3n) is 5.82. The first-order valence-corrected chi connectivity index (χ1v) is 13.7. The quantitative estimate of drug-likeness (QED) is 0.142. The van der Waals surface area contributed by atoms with E-state index in [1.165, 1.54) is 64.2 Å². The second-order valence-electron chi connectivity index (χ2n) is 9.10. The van der Waals surface area contributed by atoms with Crippen LogP contribution in [0.5, 0.6) is 0 Å². The van der Waals surface area contributed by atoms with Crippen molar-refractivity contribution in [2.45, 2.75) is 122 Å². The smallest absolute Gasteiger partial charge is 0.303 e. The predicted molar refractivity (Wildman–Crippen MR) is 136 cm³/mol. The van der Waals surface area contributed by atoms with Crippen LogP contribution in [0.25, 0.3) is 0 Å². The van der Waals surface area contributed by atoms with Crippen molar-refractivity contribution >= 4 is 17.7 Å². The van der Waals surface area contributed by atoms with Crippen LogP contribution in [0.4, 0.5) is 0 Å². The monoisotopic (exact) mass is 485 g/mol. The number of rotatable bonds is 27. The van der Waals surface area contributed by atoms with Crippen molar-refractivity contribution in [3.05, 3.63) is 0 Å². The van der Waals surface area contributed by atoms with E-state index in [9.17, 15) is 14.4 Å². The predicted octanol–water partition coefficient (Wildman–Crippen LogP) is 5.83. The largest absolute Gasteiger partial charge is 0.481 e. The van der Waals surface area contributed by atoms with E-state index in [0.29, 0.717) is 51.4 Å². The molecule has 0 unspecified atom stereocenters. The maximum absolute atomic E-state index is 11.9. The Morgan fingerprint density at radius 1 is 0.588 bits per heavy atom. The van der Waals surface area contributed by atoms with E-state index in [2.05, 4.69) is 5.32 Å². The van der Waals surface area contributed by atoms with E-state index < -0.39 is 5.97 Å². The summed E-state index contributed by atoms with van der Waals surface area (Å²) in [6.07, 6.45) is 19.1. The van der Waals surface area contributed by atoms with Crippen LogP contribution in [0.1, 0.15) is 122 Å². The molecule has 0 atom stereocenters. The number of hydrogen-bond acceptors (Lipinski definition) is 5. The zero-order valence-electron chi connectivity index (χ0n) is 21.8. The van der Waals surface area contributed by atoms with Gasteiger partial charge < -0.3 is 19.9 Å². The number of carbonyl (C=O) groups excluding carboxylic acids is 2. The molecule has 0 aliphatic heterocycles. The molecule has 7 heteroatoms. The number of unbranched alkanes of at least 4 members (excludes halogenated alkanes) is 13. The lowest BCUT2D eigenvalue weighted by Crippen LogP contribution is -2.27. The van der Waals surface area contributed by atoms with Gasteiger partial charge in [-0.05, 0) is 26.2 Å². The van der Waals surface area contributed by atoms with Crippen molar-refractivity contribution in [2.24, 2.45) is 0 Å². The fourth-order valence-corrected chi connectivity index (χ4v) is 3.85. The van der Waals surface area contributed by atoms with Crippen LogP contribution in [0, 0.1) is 0 Å². The van der Waals surface area contributed by atoms with Crippen LogP contribution in [-0.2, 0) is 23.9 Å². The van der Waals surface area contributed by atoms with E-state index in [1.807, 2.05) is 6.92 Å². The molecule has 2 N–H and O–H groups in total. The van der Waals surface area contributed by atoms with Gasteiger partial charge >= 0.3 is 5.97 Å². The summed E-state index contributed by atoms with van der Waals surface area (Å²) in [5.74, 6) is -0.460. The number of amides is 1. The Kier molecular flexibility index (Phi) is 25.0. The second kappa shape index (κ2) is 26.1. The Balaban J connectivity index is 3.19. The number of hydrogen-bond donors (Lipinski definition) is 2. The van der Waals surface area contributed by atoms with Crippen LogP contribution in [0.15, 0.2) is 0 Å². The van der Waals surface area contributed by atoms with Crippen LogP contribution in [0.2, 0.25) is 0 Å². The number of ketones is 1. The highest BCUT2D eigenvalue weighted by Gasteiger charge is 2.03. The Hall–Kier alpha value is -1.47. The molecule has 0 aliphatic carbocycles. The van der Waals surface area contributed by atoms with Crippen molar-refractivity contribution < 1.29 is 29.0 Å². The Morgan fingerprint density at radius 3 is 1.53 bits per heavy atom.